The van der Waals surface area contributed by atoms with Crippen molar-refractivity contribution in [2.75, 3.05) is 5.73 Å². The van der Waals surface area contributed by atoms with Gasteiger partial charge >= 0.3 is 0 Å². The van der Waals surface area contributed by atoms with E-state index in [1.165, 1.54) is 0 Å². The second-order valence-corrected chi connectivity index (χ2v) is 7.52. The molecule has 0 bridgehead atoms. The van der Waals surface area contributed by atoms with Gasteiger partial charge < -0.3 is 10.3 Å². The van der Waals surface area contributed by atoms with Crippen molar-refractivity contribution >= 4 is 27.2 Å². The van der Waals surface area contributed by atoms with Crippen molar-refractivity contribution in [2.24, 2.45) is 7.05 Å². The van der Waals surface area contributed by atoms with E-state index in [2.05, 4.69) is 33.8 Å². The van der Waals surface area contributed by atoms with E-state index >= 15 is 0 Å². The lowest BCUT2D eigenvalue weighted by Gasteiger charge is -2.05. The zero-order valence-corrected chi connectivity index (χ0v) is 16.0. The van der Waals surface area contributed by atoms with Gasteiger partial charge in [0.05, 0.1) is 28.5 Å². The average Bonchev–Trinajstić information content (AvgIpc) is 3.31. The van der Waals surface area contributed by atoms with Crippen molar-refractivity contribution in [1.82, 2.24) is 19.5 Å². The van der Waals surface area contributed by atoms with Crippen molar-refractivity contribution in [3.8, 4) is 33.3 Å². The molecule has 0 radical (unpaired) electrons. The summed E-state index contributed by atoms with van der Waals surface area (Å²) in [6.07, 6.45) is 3.42. The van der Waals surface area contributed by atoms with Crippen LogP contribution in [0.3, 0.4) is 0 Å². The van der Waals surface area contributed by atoms with Crippen LogP contribution in [-0.4, -0.2) is 19.5 Å². The molecule has 0 saturated carbocycles. The molecular formula is C22H17N5S. The maximum atomic E-state index is 6.12. The van der Waals surface area contributed by atoms with Gasteiger partial charge in [0.1, 0.15) is 22.0 Å². The van der Waals surface area contributed by atoms with Crippen molar-refractivity contribution in [3.05, 3.63) is 73.1 Å². The van der Waals surface area contributed by atoms with Crippen molar-refractivity contribution in [3.63, 3.8) is 0 Å². The first-order valence-electron chi connectivity index (χ1n) is 8.90. The van der Waals surface area contributed by atoms with E-state index in [-0.39, 0.29) is 0 Å². The number of hydrogen-bond acceptors (Lipinski definition) is 5. The highest BCUT2D eigenvalue weighted by Gasteiger charge is 2.22. The molecule has 0 unspecified atom stereocenters. The van der Waals surface area contributed by atoms with E-state index in [0.29, 0.717) is 5.69 Å². The maximum Gasteiger partial charge on any atom is 0.143 e. The number of imidazole rings is 1. The van der Waals surface area contributed by atoms with Crippen LogP contribution < -0.4 is 5.73 Å². The number of hydrogen-bond donors (Lipinski definition) is 1. The molecule has 5 rings (SSSR count). The molecule has 3 heterocycles. The highest BCUT2D eigenvalue weighted by atomic mass is 32.1. The van der Waals surface area contributed by atoms with E-state index in [4.69, 9.17) is 15.7 Å². The molecule has 0 fully saturated rings. The fourth-order valence-corrected chi connectivity index (χ4v) is 4.40. The van der Waals surface area contributed by atoms with Gasteiger partial charge in [-0.2, -0.15) is 0 Å². The molecule has 5 nitrogen and oxygen atoms in total. The summed E-state index contributed by atoms with van der Waals surface area (Å²) in [5, 5.41) is 0.880. The van der Waals surface area contributed by atoms with E-state index in [9.17, 15) is 0 Å². The lowest BCUT2D eigenvalue weighted by atomic mass is 10.1. The number of pyridine rings is 1. The maximum absolute atomic E-state index is 6.12. The number of nitrogens with zero attached hydrogens (tertiary/aromatic N) is 4. The lowest BCUT2D eigenvalue weighted by molar-refractivity contribution is 0.932. The highest BCUT2D eigenvalue weighted by Crippen LogP contribution is 2.39. The molecule has 2 N–H and O–H groups in total. The monoisotopic (exact) mass is 383 g/mol. The van der Waals surface area contributed by atoms with Gasteiger partial charge in [0, 0.05) is 18.2 Å². The van der Waals surface area contributed by atoms with Crippen LogP contribution in [0.1, 0.15) is 0 Å². The third kappa shape index (κ3) is 2.66. The molecule has 0 aliphatic carbocycles. The SMILES string of the molecule is Cn1c(-c2ccccc2)nc(-c2ccccc2)c1-c1nc2cncc(N)c2s1. The molecule has 0 aliphatic rings. The van der Waals surface area contributed by atoms with Crippen LogP contribution in [-0.2, 0) is 7.05 Å². The van der Waals surface area contributed by atoms with Gasteiger partial charge in [-0.05, 0) is 0 Å². The third-order valence-corrected chi connectivity index (χ3v) is 5.83. The predicted octanol–water partition coefficient (Wildman–Crippen LogP) is 5.01. The summed E-state index contributed by atoms with van der Waals surface area (Å²) >= 11 is 1.57. The predicted molar refractivity (Wildman–Crippen MR) is 115 cm³/mol. The second-order valence-electron chi connectivity index (χ2n) is 6.52. The van der Waals surface area contributed by atoms with Crippen molar-refractivity contribution < 1.29 is 0 Å². The first kappa shape index (κ1) is 16.6. The quantitative estimate of drug-likeness (QED) is 0.475. The van der Waals surface area contributed by atoms with Gasteiger partial charge in [-0.25, -0.2) is 9.97 Å². The Kier molecular flexibility index (Phi) is 3.91. The van der Waals surface area contributed by atoms with Crippen molar-refractivity contribution in [2.45, 2.75) is 0 Å². The van der Waals surface area contributed by atoms with Crippen molar-refractivity contribution in [1.29, 1.82) is 0 Å². The Morgan fingerprint density at radius 2 is 1.54 bits per heavy atom. The van der Waals surface area contributed by atoms with Crippen LogP contribution in [0.2, 0.25) is 0 Å². The van der Waals surface area contributed by atoms with Crippen LogP contribution in [0.15, 0.2) is 73.1 Å². The smallest absolute Gasteiger partial charge is 0.143 e. The Bertz CT molecular complexity index is 1270. The molecule has 28 heavy (non-hydrogen) atoms. The number of nitrogen functional groups attached to an aromatic ring is 1. The summed E-state index contributed by atoms with van der Waals surface area (Å²) < 4.78 is 3.06. The first-order valence-corrected chi connectivity index (χ1v) is 9.72. The molecule has 0 atom stereocenters. The Labute approximate surface area is 166 Å². The zero-order chi connectivity index (χ0) is 19.1. The fraction of sp³-hybridized carbons (Fsp3) is 0.0455. The molecule has 136 valence electrons. The van der Waals surface area contributed by atoms with E-state index in [1.54, 1.807) is 23.7 Å². The number of aromatic nitrogens is 4. The summed E-state index contributed by atoms with van der Waals surface area (Å²) in [4.78, 5) is 14.0. The van der Waals surface area contributed by atoms with Gasteiger partial charge in [-0.1, -0.05) is 60.7 Å². The Morgan fingerprint density at radius 3 is 2.21 bits per heavy atom. The number of anilines is 1. The van der Waals surface area contributed by atoms with Crippen LogP contribution in [0, 0.1) is 0 Å². The molecule has 0 saturated heterocycles. The van der Waals surface area contributed by atoms with Crippen LogP contribution in [0.4, 0.5) is 5.69 Å². The zero-order valence-electron chi connectivity index (χ0n) is 15.2. The summed E-state index contributed by atoms with van der Waals surface area (Å²) in [6.45, 7) is 0. The molecule has 0 aliphatic heterocycles. The molecule has 3 aromatic heterocycles. The molecule has 2 aromatic carbocycles. The molecular weight excluding hydrogens is 366 g/mol. The van der Waals surface area contributed by atoms with Crippen LogP contribution >= 0.6 is 11.3 Å². The topological polar surface area (TPSA) is 69.6 Å². The molecule has 0 amide bonds. The van der Waals surface area contributed by atoms with Gasteiger partial charge in [0.25, 0.3) is 0 Å². The molecule has 0 spiro atoms. The van der Waals surface area contributed by atoms with Gasteiger partial charge in [-0.15, -0.1) is 11.3 Å². The summed E-state index contributed by atoms with van der Waals surface area (Å²) in [5.41, 5.74) is 11.6. The number of nitrogens with two attached hydrogens (primary N) is 1. The Balaban J connectivity index is 1.80. The van der Waals surface area contributed by atoms with Gasteiger partial charge in [0.15, 0.2) is 0 Å². The minimum Gasteiger partial charge on any atom is -0.396 e. The van der Waals surface area contributed by atoms with Gasteiger partial charge in [-0.3, -0.25) is 4.98 Å². The molecule has 6 heteroatoms. The van der Waals surface area contributed by atoms with Crippen LogP contribution in [0.5, 0.6) is 0 Å². The van der Waals surface area contributed by atoms with E-state index in [0.717, 1.165) is 43.6 Å². The number of thiazole rings is 1. The average molecular weight is 383 g/mol. The lowest BCUT2D eigenvalue weighted by Crippen LogP contribution is -1.95. The minimum absolute atomic E-state index is 0.646. The minimum atomic E-state index is 0.646. The number of rotatable bonds is 3. The van der Waals surface area contributed by atoms with E-state index in [1.807, 2.05) is 43.4 Å². The first-order chi connectivity index (χ1) is 13.7. The fourth-order valence-electron chi connectivity index (χ4n) is 3.36. The standard InChI is InChI=1S/C22H17N5S/c1-27-19(22-25-17-13-24-12-16(23)20(17)28-22)18(14-8-4-2-5-9-14)26-21(27)15-10-6-3-7-11-15/h2-13H,23H2,1H3. The Morgan fingerprint density at radius 1 is 0.857 bits per heavy atom. The highest BCUT2D eigenvalue weighted by molar-refractivity contribution is 7.22. The second kappa shape index (κ2) is 6.58. The third-order valence-electron chi connectivity index (χ3n) is 4.70. The summed E-state index contributed by atoms with van der Waals surface area (Å²) in [6, 6.07) is 20.4. The summed E-state index contributed by atoms with van der Waals surface area (Å²) in [5.74, 6) is 0.903. The number of fused-ring (bicyclic) bond motifs is 1. The Hall–Kier alpha value is -3.51. The molecule has 5 aromatic rings. The largest absolute Gasteiger partial charge is 0.396 e. The van der Waals surface area contributed by atoms with E-state index < -0.39 is 0 Å². The normalized spacial score (nSPS) is 11.2. The number of benzene rings is 2. The van der Waals surface area contributed by atoms with Crippen LogP contribution in [0.25, 0.3) is 43.6 Å². The summed E-state index contributed by atoms with van der Waals surface area (Å²) in [7, 11) is 2.03. The van der Waals surface area contributed by atoms with Gasteiger partial charge in [0.2, 0.25) is 0 Å².